The van der Waals surface area contributed by atoms with Crippen molar-refractivity contribution in [1.82, 2.24) is 0 Å². The number of rotatable bonds is 3. The van der Waals surface area contributed by atoms with Gasteiger partial charge in [0.25, 0.3) is 0 Å². The summed E-state index contributed by atoms with van der Waals surface area (Å²) < 4.78 is 0. The molecule has 1 aromatic carbocycles. The molecule has 0 aliphatic carbocycles. The minimum Gasteiger partial charge on any atom is -0.290 e. The van der Waals surface area contributed by atoms with Crippen LogP contribution in [0.15, 0.2) is 29.1 Å². The van der Waals surface area contributed by atoms with Crippen molar-refractivity contribution in [2.75, 3.05) is 0 Å². The molecule has 1 aromatic rings. The average molecular weight is 176 g/mol. The number of hydrogen-bond donors (Lipinski definition) is 0. The smallest absolute Gasteiger partial charge is 0.181 e. The van der Waals surface area contributed by atoms with Crippen LogP contribution in [0.3, 0.4) is 0 Å². The fourth-order valence-electron chi connectivity index (χ4n) is 1.26. The van der Waals surface area contributed by atoms with Crippen molar-refractivity contribution < 1.29 is 0 Å². The molecule has 0 aromatic heterocycles. The largest absolute Gasteiger partial charge is 0.290 e. The topological polar surface area (TPSA) is 17.1 Å². The molecule has 0 fully saturated rings. The maximum absolute atomic E-state index is 11.4. The summed E-state index contributed by atoms with van der Waals surface area (Å²) >= 11 is 0. The van der Waals surface area contributed by atoms with Crippen molar-refractivity contribution >= 4 is 0 Å². The van der Waals surface area contributed by atoms with Gasteiger partial charge in [0.05, 0.1) is 0 Å². The Morgan fingerprint density at radius 1 is 1.31 bits per heavy atom. The van der Waals surface area contributed by atoms with Gasteiger partial charge in [-0.25, -0.2) is 0 Å². The summed E-state index contributed by atoms with van der Waals surface area (Å²) in [6.07, 6.45) is 3.34. The molecule has 0 unspecified atom stereocenters. The molecule has 70 valence electrons. The summed E-state index contributed by atoms with van der Waals surface area (Å²) in [5, 5.41) is 0. The third kappa shape index (κ3) is 3.02. The second-order valence-corrected chi connectivity index (χ2v) is 3.40. The van der Waals surface area contributed by atoms with Crippen molar-refractivity contribution in [3.05, 3.63) is 45.6 Å². The van der Waals surface area contributed by atoms with Gasteiger partial charge in [0.1, 0.15) is 0 Å². The van der Waals surface area contributed by atoms with Gasteiger partial charge in [0.2, 0.25) is 0 Å². The van der Waals surface area contributed by atoms with E-state index in [4.69, 9.17) is 0 Å². The van der Waals surface area contributed by atoms with Crippen molar-refractivity contribution in [1.29, 1.82) is 0 Å². The van der Waals surface area contributed by atoms with Crippen molar-refractivity contribution in [3.63, 3.8) is 0 Å². The van der Waals surface area contributed by atoms with Crippen LogP contribution in [0.25, 0.3) is 0 Å². The highest BCUT2D eigenvalue weighted by atomic mass is 16.1. The fourth-order valence-corrected chi connectivity index (χ4v) is 1.26. The zero-order valence-corrected chi connectivity index (χ0v) is 8.34. The van der Waals surface area contributed by atoms with Gasteiger partial charge in [-0.2, -0.15) is 0 Å². The van der Waals surface area contributed by atoms with Crippen LogP contribution in [0.5, 0.6) is 0 Å². The molecule has 0 heterocycles. The highest BCUT2D eigenvalue weighted by molar-refractivity contribution is 5.19. The Balaban J connectivity index is 2.93. The van der Waals surface area contributed by atoms with Crippen LogP contribution >= 0.6 is 0 Å². The maximum atomic E-state index is 11.4. The van der Waals surface area contributed by atoms with Gasteiger partial charge in [-0.05, 0) is 37.0 Å². The molecule has 0 saturated heterocycles. The Labute approximate surface area is 79.4 Å². The summed E-state index contributed by atoms with van der Waals surface area (Å²) in [7, 11) is 0. The molecule has 0 radical (unpaired) electrons. The average Bonchev–Trinajstić information content (AvgIpc) is 2.26. The van der Waals surface area contributed by atoms with Crippen molar-refractivity contribution in [3.8, 4) is 0 Å². The van der Waals surface area contributed by atoms with E-state index in [1.165, 1.54) is 6.42 Å². The zero-order chi connectivity index (χ0) is 9.68. The quantitative estimate of drug-likeness (QED) is 0.692. The fraction of sp³-hybridized carbons (Fsp3) is 0.417. The highest BCUT2D eigenvalue weighted by Crippen LogP contribution is 2.01. The second-order valence-electron chi connectivity index (χ2n) is 3.40. The van der Waals surface area contributed by atoms with E-state index in [1.807, 2.05) is 25.1 Å². The Kier molecular flexibility index (Phi) is 3.69. The first-order valence-corrected chi connectivity index (χ1v) is 4.84. The van der Waals surface area contributed by atoms with E-state index in [9.17, 15) is 4.79 Å². The molecule has 0 atom stereocenters. The summed E-state index contributed by atoms with van der Waals surface area (Å²) in [5.41, 5.74) is 2.12. The predicted molar refractivity (Wildman–Crippen MR) is 56.1 cm³/mol. The normalized spacial score (nSPS) is 10.0. The lowest BCUT2D eigenvalue weighted by Crippen LogP contribution is -1.99. The van der Waals surface area contributed by atoms with Crippen LogP contribution in [0.4, 0.5) is 0 Å². The molecule has 1 rings (SSSR count). The molecule has 0 aliphatic rings. The monoisotopic (exact) mass is 176 g/mol. The van der Waals surface area contributed by atoms with E-state index in [-0.39, 0.29) is 5.43 Å². The van der Waals surface area contributed by atoms with E-state index in [1.54, 1.807) is 6.07 Å². The van der Waals surface area contributed by atoms with E-state index in [0.717, 1.165) is 24.0 Å². The number of unbranched alkanes of at least 4 members (excludes halogenated alkanes) is 1. The van der Waals surface area contributed by atoms with Crippen LogP contribution in [0, 0.1) is 6.92 Å². The molecular formula is C12H16O. The van der Waals surface area contributed by atoms with Crippen LogP contribution in [0.1, 0.15) is 30.9 Å². The van der Waals surface area contributed by atoms with Crippen molar-refractivity contribution in [2.45, 2.75) is 33.1 Å². The predicted octanol–water partition coefficient (Wildman–Crippen LogP) is 2.70. The second kappa shape index (κ2) is 4.80. The molecular weight excluding hydrogens is 160 g/mol. The lowest BCUT2D eigenvalue weighted by molar-refractivity contribution is 0.795. The van der Waals surface area contributed by atoms with Crippen LogP contribution in [0.2, 0.25) is 0 Å². The molecule has 0 spiro atoms. The Morgan fingerprint density at radius 3 is 2.77 bits per heavy atom. The summed E-state index contributed by atoms with van der Waals surface area (Å²) in [5.74, 6) is 0. The third-order valence-electron chi connectivity index (χ3n) is 2.18. The van der Waals surface area contributed by atoms with Crippen LogP contribution in [-0.4, -0.2) is 0 Å². The molecule has 0 N–H and O–H groups in total. The first-order chi connectivity index (χ1) is 6.24. The molecule has 1 heteroatoms. The first kappa shape index (κ1) is 9.97. The lowest BCUT2D eigenvalue weighted by atomic mass is 10.1. The molecule has 13 heavy (non-hydrogen) atoms. The van der Waals surface area contributed by atoms with E-state index in [0.29, 0.717) is 0 Å². The van der Waals surface area contributed by atoms with Gasteiger partial charge >= 0.3 is 0 Å². The molecule has 0 aliphatic heterocycles. The number of aryl methyl sites for hydroxylation is 2. The van der Waals surface area contributed by atoms with Crippen LogP contribution in [-0.2, 0) is 6.42 Å². The molecule has 0 bridgehead atoms. The van der Waals surface area contributed by atoms with E-state index in [2.05, 4.69) is 6.92 Å². The van der Waals surface area contributed by atoms with Gasteiger partial charge in [-0.15, -0.1) is 0 Å². The van der Waals surface area contributed by atoms with Crippen molar-refractivity contribution in [2.24, 2.45) is 0 Å². The molecule has 1 nitrogen and oxygen atoms in total. The Bertz CT molecular complexity index is 328. The van der Waals surface area contributed by atoms with Gasteiger partial charge in [0.15, 0.2) is 5.43 Å². The van der Waals surface area contributed by atoms with E-state index < -0.39 is 0 Å². The van der Waals surface area contributed by atoms with Gasteiger partial charge in [-0.1, -0.05) is 31.5 Å². The maximum Gasteiger partial charge on any atom is 0.181 e. The Hall–Kier alpha value is -1.11. The van der Waals surface area contributed by atoms with Gasteiger partial charge in [-0.3, -0.25) is 4.79 Å². The minimum atomic E-state index is 0.149. The zero-order valence-electron chi connectivity index (χ0n) is 8.34. The highest BCUT2D eigenvalue weighted by Gasteiger charge is 1.93. The minimum absolute atomic E-state index is 0.149. The van der Waals surface area contributed by atoms with E-state index >= 15 is 0 Å². The summed E-state index contributed by atoms with van der Waals surface area (Å²) in [4.78, 5) is 11.4. The number of hydrogen-bond acceptors (Lipinski definition) is 1. The first-order valence-electron chi connectivity index (χ1n) is 4.84. The lowest BCUT2D eigenvalue weighted by Gasteiger charge is -1.93. The van der Waals surface area contributed by atoms with Gasteiger partial charge in [0, 0.05) is 0 Å². The standard InChI is InChI=1S/C12H16O/c1-3-4-7-11-8-5-6-10(2)12(13)9-11/h5-6,8-9H,3-4,7H2,1-2H3. The Morgan fingerprint density at radius 2 is 2.08 bits per heavy atom. The molecule has 0 amide bonds. The van der Waals surface area contributed by atoms with Gasteiger partial charge < -0.3 is 0 Å². The SMILES string of the molecule is CCCCc1cccc(C)c(=O)c1. The molecule has 0 saturated carbocycles. The summed E-state index contributed by atoms with van der Waals surface area (Å²) in [6.45, 7) is 4.01. The van der Waals surface area contributed by atoms with Crippen LogP contribution < -0.4 is 5.43 Å². The summed E-state index contributed by atoms with van der Waals surface area (Å²) in [6, 6.07) is 7.62. The third-order valence-corrected chi connectivity index (χ3v) is 2.18.